The summed E-state index contributed by atoms with van der Waals surface area (Å²) in [5.41, 5.74) is 0.215. The van der Waals surface area contributed by atoms with E-state index in [2.05, 4.69) is 10.3 Å². The van der Waals surface area contributed by atoms with Crippen LogP contribution in [0.25, 0.3) is 0 Å². The minimum Gasteiger partial charge on any atom is -0.489 e. The van der Waals surface area contributed by atoms with Gasteiger partial charge in [0.25, 0.3) is 0 Å². The van der Waals surface area contributed by atoms with Crippen LogP contribution in [-0.2, 0) is 4.74 Å². The van der Waals surface area contributed by atoms with Gasteiger partial charge in [-0.05, 0) is 20.8 Å². The van der Waals surface area contributed by atoms with Gasteiger partial charge in [0.2, 0.25) is 0 Å². The number of hydrogen-bond donors (Lipinski definition) is 1. The fourth-order valence-corrected chi connectivity index (χ4v) is 2.12. The number of ether oxygens (including phenoxy) is 2. The molecule has 0 saturated carbocycles. The predicted octanol–water partition coefficient (Wildman–Crippen LogP) is 2.13. The van der Waals surface area contributed by atoms with Crippen molar-refractivity contribution in [3.63, 3.8) is 0 Å². The van der Waals surface area contributed by atoms with Crippen LogP contribution in [0.3, 0.4) is 0 Å². The second-order valence-corrected chi connectivity index (χ2v) is 6.17. The molecule has 1 aliphatic heterocycles. The summed E-state index contributed by atoms with van der Waals surface area (Å²) in [6, 6.07) is 1.33. The van der Waals surface area contributed by atoms with Gasteiger partial charge in [0.15, 0.2) is 0 Å². The van der Waals surface area contributed by atoms with Crippen molar-refractivity contribution in [3.05, 3.63) is 18.5 Å². The van der Waals surface area contributed by atoms with E-state index in [0.29, 0.717) is 10.7 Å². The second-order valence-electron chi connectivity index (χ2n) is 5.75. The van der Waals surface area contributed by atoms with Crippen molar-refractivity contribution in [1.29, 1.82) is 0 Å². The molecule has 2 rings (SSSR count). The lowest BCUT2D eigenvalue weighted by molar-refractivity contribution is 0.0508. The van der Waals surface area contributed by atoms with E-state index >= 15 is 0 Å². The molecule has 114 valence electrons. The summed E-state index contributed by atoms with van der Waals surface area (Å²) in [5, 5.41) is 2.74. The molecule has 7 heteroatoms. The van der Waals surface area contributed by atoms with Gasteiger partial charge in [-0.1, -0.05) is 12.2 Å². The molecule has 0 aromatic carbocycles. The van der Waals surface area contributed by atoms with E-state index in [1.54, 1.807) is 23.4 Å². The first-order valence-electron chi connectivity index (χ1n) is 6.62. The zero-order valence-corrected chi connectivity index (χ0v) is 13.4. The van der Waals surface area contributed by atoms with E-state index in [9.17, 15) is 4.79 Å². The number of likely N-dealkylation sites (N-methyl/N-ethyl adjacent to an activating group) is 1. The number of carbonyl (C=O) groups excluding carboxylic acids is 1. The van der Waals surface area contributed by atoms with Crippen molar-refractivity contribution in [1.82, 2.24) is 10.3 Å². The zero-order valence-electron chi connectivity index (χ0n) is 12.5. The Morgan fingerprint density at radius 1 is 1.57 bits per heavy atom. The molecular weight excluding hydrogens is 290 g/mol. The smallest absolute Gasteiger partial charge is 0.408 e. The number of thiocarbonyl (C=S) groups is 1. The Morgan fingerprint density at radius 3 is 2.95 bits per heavy atom. The number of amides is 1. The third-order valence-electron chi connectivity index (χ3n) is 2.85. The number of anilines is 1. The third-order valence-corrected chi connectivity index (χ3v) is 3.41. The summed E-state index contributed by atoms with van der Waals surface area (Å²) in [5.74, 6) is 0.684. The number of hydrogen-bond acceptors (Lipinski definition) is 5. The average Bonchev–Trinajstić information content (AvgIpc) is 2.50. The first kappa shape index (κ1) is 15.5. The van der Waals surface area contributed by atoms with E-state index in [-0.39, 0.29) is 6.61 Å². The molecule has 1 amide bonds. The molecule has 0 saturated heterocycles. The van der Waals surface area contributed by atoms with Crippen LogP contribution in [0, 0.1) is 0 Å². The minimum absolute atomic E-state index is 0.249. The van der Waals surface area contributed by atoms with Crippen molar-refractivity contribution in [2.24, 2.45) is 0 Å². The Hall–Kier alpha value is -1.89. The van der Waals surface area contributed by atoms with Gasteiger partial charge in [0, 0.05) is 19.3 Å². The van der Waals surface area contributed by atoms with E-state index < -0.39 is 17.7 Å². The van der Waals surface area contributed by atoms with E-state index in [0.717, 1.165) is 5.69 Å². The lowest BCUT2D eigenvalue weighted by Gasteiger charge is -2.25. The highest BCUT2D eigenvalue weighted by Gasteiger charge is 2.29. The lowest BCUT2D eigenvalue weighted by Crippen LogP contribution is -2.49. The van der Waals surface area contributed by atoms with E-state index in [1.165, 1.54) is 0 Å². The lowest BCUT2D eigenvalue weighted by atomic mass is 10.2. The largest absolute Gasteiger partial charge is 0.489 e. The van der Waals surface area contributed by atoms with Crippen LogP contribution < -0.4 is 15.0 Å². The monoisotopic (exact) mass is 309 g/mol. The maximum atomic E-state index is 11.9. The van der Waals surface area contributed by atoms with Crippen LogP contribution in [0.1, 0.15) is 20.8 Å². The summed E-state index contributed by atoms with van der Waals surface area (Å²) < 4.78 is 10.9. The number of nitrogens with zero attached hydrogens (tertiary/aromatic N) is 2. The van der Waals surface area contributed by atoms with Crippen molar-refractivity contribution in [2.75, 3.05) is 18.6 Å². The molecule has 2 heterocycles. The molecule has 0 fully saturated rings. The van der Waals surface area contributed by atoms with Crippen LogP contribution in [-0.4, -0.2) is 41.4 Å². The molecule has 1 atom stereocenters. The summed E-state index contributed by atoms with van der Waals surface area (Å²) in [6.07, 6.45) is 2.81. The number of pyridine rings is 1. The Kier molecular flexibility index (Phi) is 4.32. The normalized spacial score (nSPS) is 18.4. The molecule has 21 heavy (non-hydrogen) atoms. The maximum absolute atomic E-state index is 11.9. The summed E-state index contributed by atoms with van der Waals surface area (Å²) in [6.45, 7) is 5.67. The molecule has 0 bridgehead atoms. The summed E-state index contributed by atoms with van der Waals surface area (Å²) in [7, 11) is 1.82. The van der Waals surface area contributed by atoms with Crippen molar-refractivity contribution in [3.8, 4) is 5.75 Å². The molecule has 0 radical (unpaired) electrons. The highest BCUT2D eigenvalue weighted by atomic mass is 32.1. The molecular formula is C14H19N3O3S. The number of alkyl carbamates (subject to hydrolysis) is 1. The van der Waals surface area contributed by atoms with Gasteiger partial charge in [-0.25, -0.2) is 4.79 Å². The van der Waals surface area contributed by atoms with Crippen LogP contribution in [0.4, 0.5) is 10.5 Å². The molecule has 0 aliphatic carbocycles. The zero-order chi connectivity index (χ0) is 15.6. The van der Waals surface area contributed by atoms with Gasteiger partial charge in [-0.2, -0.15) is 0 Å². The SMILES string of the molecule is CN1C(=S)[C@@H](NC(=O)OC(C)(C)C)COc2ccncc21. The van der Waals surface area contributed by atoms with Gasteiger partial charge < -0.3 is 19.7 Å². The van der Waals surface area contributed by atoms with Crippen LogP contribution in [0.15, 0.2) is 18.5 Å². The van der Waals surface area contributed by atoms with Crippen LogP contribution in [0.2, 0.25) is 0 Å². The van der Waals surface area contributed by atoms with E-state index in [4.69, 9.17) is 21.7 Å². The highest BCUT2D eigenvalue weighted by molar-refractivity contribution is 7.80. The number of fused-ring (bicyclic) bond motifs is 1. The van der Waals surface area contributed by atoms with Gasteiger partial charge in [-0.15, -0.1) is 0 Å². The van der Waals surface area contributed by atoms with Gasteiger partial charge >= 0.3 is 6.09 Å². The molecule has 0 unspecified atom stereocenters. The van der Waals surface area contributed by atoms with Crippen LogP contribution in [0.5, 0.6) is 5.75 Å². The second kappa shape index (κ2) is 5.85. The standard InChI is InChI=1S/C14H19N3O3S/c1-14(2,3)20-13(18)16-9-8-19-11-5-6-15-7-10(11)17(4)12(9)21/h5-7,9H,8H2,1-4H3,(H,16,18)/t9-/m0/s1. The molecule has 6 nitrogen and oxygen atoms in total. The molecule has 0 spiro atoms. The quantitative estimate of drug-likeness (QED) is 0.802. The Balaban J connectivity index is 2.11. The first-order valence-corrected chi connectivity index (χ1v) is 7.02. The molecule has 1 aromatic heterocycles. The fourth-order valence-electron chi connectivity index (χ4n) is 1.90. The molecule has 1 aromatic rings. The average molecular weight is 309 g/mol. The third kappa shape index (κ3) is 3.81. The van der Waals surface area contributed by atoms with Gasteiger partial charge in [-0.3, -0.25) is 4.98 Å². The number of nitrogens with one attached hydrogen (secondary N) is 1. The van der Waals surface area contributed by atoms with E-state index in [1.807, 2.05) is 27.8 Å². The first-order chi connectivity index (χ1) is 9.78. The number of aromatic nitrogens is 1. The molecule has 1 N–H and O–H groups in total. The fraction of sp³-hybridized carbons (Fsp3) is 0.500. The summed E-state index contributed by atoms with van der Waals surface area (Å²) >= 11 is 5.42. The van der Waals surface area contributed by atoms with Crippen molar-refractivity contribution in [2.45, 2.75) is 32.4 Å². The van der Waals surface area contributed by atoms with Crippen LogP contribution >= 0.6 is 12.2 Å². The van der Waals surface area contributed by atoms with Crippen molar-refractivity contribution < 1.29 is 14.3 Å². The van der Waals surface area contributed by atoms with Gasteiger partial charge in [0.1, 0.15) is 34.7 Å². The van der Waals surface area contributed by atoms with Gasteiger partial charge in [0.05, 0.1) is 6.20 Å². The maximum Gasteiger partial charge on any atom is 0.408 e. The molecule has 1 aliphatic rings. The number of carbonyl (C=O) groups is 1. The minimum atomic E-state index is -0.559. The predicted molar refractivity (Wildman–Crippen MR) is 83.9 cm³/mol. The van der Waals surface area contributed by atoms with Crippen molar-refractivity contribution >= 4 is 29.0 Å². The Morgan fingerprint density at radius 2 is 2.29 bits per heavy atom. The Bertz CT molecular complexity index is 557. The topological polar surface area (TPSA) is 63.7 Å². The summed E-state index contributed by atoms with van der Waals surface area (Å²) in [4.78, 5) is 18.3. The highest BCUT2D eigenvalue weighted by Crippen LogP contribution is 2.29. The Labute approximate surface area is 129 Å². The number of rotatable bonds is 1.